The first-order valence-electron chi connectivity index (χ1n) is 6.68. The van der Waals surface area contributed by atoms with Gasteiger partial charge in [-0.1, -0.05) is 17.9 Å². The molecule has 0 radical (unpaired) electrons. The Labute approximate surface area is 128 Å². The summed E-state index contributed by atoms with van der Waals surface area (Å²) in [6, 6.07) is 9.44. The molecule has 0 bridgehead atoms. The molecular formula is C17H17NO2S. The van der Waals surface area contributed by atoms with Gasteiger partial charge in [0.2, 0.25) is 0 Å². The number of amides is 1. The molecule has 1 amide bonds. The van der Waals surface area contributed by atoms with Crippen molar-refractivity contribution >= 4 is 22.9 Å². The maximum Gasteiger partial charge on any atom is 0.265 e. The molecule has 0 fully saturated rings. The molecule has 2 N–H and O–H groups in total. The highest BCUT2D eigenvalue weighted by Crippen LogP contribution is 2.19. The van der Waals surface area contributed by atoms with Crippen LogP contribution in [-0.2, 0) is 0 Å². The summed E-state index contributed by atoms with van der Waals surface area (Å²) in [7, 11) is 0. The average molecular weight is 299 g/mol. The van der Waals surface area contributed by atoms with Gasteiger partial charge in [-0.05, 0) is 49.2 Å². The third kappa shape index (κ3) is 4.19. The van der Waals surface area contributed by atoms with E-state index in [1.807, 2.05) is 38.1 Å². The SMILES string of the molecule is Cc1ccc(NC(=O)c2ccc(C#CCCO)s2)cc1C. The van der Waals surface area contributed by atoms with Crippen LogP contribution >= 0.6 is 11.3 Å². The molecule has 0 aliphatic rings. The first-order valence-corrected chi connectivity index (χ1v) is 7.50. The van der Waals surface area contributed by atoms with Gasteiger partial charge in [0, 0.05) is 12.1 Å². The average Bonchev–Trinajstić information content (AvgIpc) is 2.92. The molecule has 1 aromatic heterocycles. The Hall–Kier alpha value is -2.09. The molecule has 0 saturated heterocycles. The van der Waals surface area contributed by atoms with Gasteiger partial charge in [0.15, 0.2) is 0 Å². The molecule has 0 aliphatic heterocycles. The van der Waals surface area contributed by atoms with Gasteiger partial charge in [-0.2, -0.15) is 0 Å². The molecule has 2 aromatic rings. The summed E-state index contributed by atoms with van der Waals surface area (Å²) in [5.74, 6) is 5.65. The van der Waals surface area contributed by atoms with Crippen molar-refractivity contribution in [3.05, 3.63) is 51.2 Å². The van der Waals surface area contributed by atoms with Crippen molar-refractivity contribution in [2.75, 3.05) is 11.9 Å². The monoisotopic (exact) mass is 299 g/mol. The van der Waals surface area contributed by atoms with E-state index in [-0.39, 0.29) is 12.5 Å². The van der Waals surface area contributed by atoms with Crippen LogP contribution in [-0.4, -0.2) is 17.6 Å². The quantitative estimate of drug-likeness (QED) is 0.854. The predicted molar refractivity (Wildman–Crippen MR) is 86.8 cm³/mol. The topological polar surface area (TPSA) is 49.3 Å². The number of hydrogen-bond donors (Lipinski definition) is 2. The Morgan fingerprint density at radius 1 is 1.24 bits per heavy atom. The summed E-state index contributed by atoms with van der Waals surface area (Å²) in [6.45, 7) is 4.11. The maximum atomic E-state index is 12.2. The van der Waals surface area contributed by atoms with Crippen LogP contribution in [0, 0.1) is 25.7 Å². The minimum atomic E-state index is -0.126. The van der Waals surface area contributed by atoms with Crippen LogP contribution in [0.4, 0.5) is 5.69 Å². The molecule has 4 heteroatoms. The van der Waals surface area contributed by atoms with E-state index in [0.717, 1.165) is 16.1 Å². The first-order chi connectivity index (χ1) is 10.1. The van der Waals surface area contributed by atoms with Crippen LogP contribution in [0.5, 0.6) is 0 Å². The van der Waals surface area contributed by atoms with E-state index < -0.39 is 0 Å². The summed E-state index contributed by atoms with van der Waals surface area (Å²) >= 11 is 1.35. The van der Waals surface area contributed by atoms with Crippen LogP contribution in [0.1, 0.15) is 32.1 Å². The van der Waals surface area contributed by atoms with Gasteiger partial charge in [0.25, 0.3) is 5.91 Å². The zero-order valence-electron chi connectivity index (χ0n) is 12.1. The van der Waals surface area contributed by atoms with E-state index in [1.54, 1.807) is 6.07 Å². The van der Waals surface area contributed by atoms with E-state index in [1.165, 1.54) is 16.9 Å². The fraction of sp³-hybridized carbons (Fsp3) is 0.235. The van der Waals surface area contributed by atoms with Crippen molar-refractivity contribution < 1.29 is 9.90 Å². The van der Waals surface area contributed by atoms with Crippen molar-refractivity contribution in [2.24, 2.45) is 0 Å². The molecule has 1 heterocycles. The van der Waals surface area contributed by atoms with Gasteiger partial charge < -0.3 is 10.4 Å². The molecule has 21 heavy (non-hydrogen) atoms. The Balaban J connectivity index is 2.07. The second-order valence-electron chi connectivity index (χ2n) is 4.69. The van der Waals surface area contributed by atoms with Crippen molar-refractivity contribution in [3.63, 3.8) is 0 Å². The number of aliphatic hydroxyl groups excluding tert-OH is 1. The van der Waals surface area contributed by atoms with Gasteiger partial charge in [0.05, 0.1) is 16.4 Å². The molecule has 0 unspecified atom stereocenters. The molecule has 0 spiro atoms. The van der Waals surface area contributed by atoms with Gasteiger partial charge in [0.1, 0.15) is 0 Å². The van der Waals surface area contributed by atoms with Gasteiger partial charge in [-0.25, -0.2) is 0 Å². The normalized spacial score (nSPS) is 9.86. The van der Waals surface area contributed by atoms with E-state index in [0.29, 0.717) is 11.3 Å². The maximum absolute atomic E-state index is 12.2. The summed E-state index contributed by atoms with van der Waals surface area (Å²) in [5, 5.41) is 11.6. The summed E-state index contributed by atoms with van der Waals surface area (Å²) in [5.41, 5.74) is 3.14. The van der Waals surface area contributed by atoms with E-state index >= 15 is 0 Å². The fourth-order valence-electron chi connectivity index (χ4n) is 1.74. The van der Waals surface area contributed by atoms with Crippen LogP contribution in [0.15, 0.2) is 30.3 Å². The number of nitrogens with one attached hydrogen (secondary N) is 1. The number of rotatable bonds is 3. The molecule has 0 saturated carbocycles. The van der Waals surface area contributed by atoms with Gasteiger partial charge >= 0.3 is 0 Å². The fourth-order valence-corrected chi connectivity index (χ4v) is 2.52. The number of carbonyl (C=O) groups is 1. The zero-order chi connectivity index (χ0) is 15.2. The van der Waals surface area contributed by atoms with E-state index in [2.05, 4.69) is 17.2 Å². The number of benzene rings is 1. The van der Waals surface area contributed by atoms with Gasteiger partial charge in [-0.15, -0.1) is 11.3 Å². The van der Waals surface area contributed by atoms with Crippen molar-refractivity contribution in [2.45, 2.75) is 20.3 Å². The number of aryl methyl sites for hydroxylation is 2. The molecule has 2 rings (SSSR count). The lowest BCUT2D eigenvalue weighted by Crippen LogP contribution is -2.10. The number of aliphatic hydroxyl groups is 1. The summed E-state index contributed by atoms with van der Waals surface area (Å²) in [6.07, 6.45) is 0.447. The molecule has 3 nitrogen and oxygen atoms in total. The molecule has 1 aromatic carbocycles. The lowest BCUT2D eigenvalue weighted by Gasteiger charge is -2.06. The molecular weight excluding hydrogens is 282 g/mol. The highest BCUT2D eigenvalue weighted by atomic mass is 32.1. The molecule has 0 atom stereocenters. The highest BCUT2D eigenvalue weighted by Gasteiger charge is 2.09. The number of anilines is 1. The smallest absolute Gasteiger partial charge is 0.265 e. The molecule has 108 valence electrons. The van der Waals surface area contributed by atoms with E-state index in [4.69, 9.17) is 5.11 Å². The number of thiophene rings is 1. The third-order valence-electron chi connectivity index (χ3n) is 3.04. The van der Waals surface area contributed by atoms with Crippen molar-refractivity contribution in [1.29, 1.82) is 0 Å². The van der Waals surface area contributed by atoms with Crippen molar-refractivity contribution in [1.82, 2.24) is 0 Å². The Morgan fingerprint density at radius 3 is 2.76 bits per heavy atom. The van der Waals surface area contributed by atoms with Crippen molar-refractivity contribution in [3.8, 4) is 11.8 Å². The second kappa shape index (κ2) is 7.07. The van der Waals surface area contributed by atoms with Crippen LogP contribution < -0.4 is 5.32 Å². The second-order valence-corrected chi connectivity index (χ2v) is 5.78. The Morgan fingerprint density at radius 2 is 2.05 bits per heavy atom. The predicted octanol–water partition coefficient (Wildman–Crippen LogP) is 3.35. The van der Waals surface area contributed by atoms with Crippen LogP contribution in [0.3, 0.4) is 0 Å². The highest BCUT2D eigenvalue weighted by molar-refractivity contribution is 7.14. The summed E-state index contributed by atoms with van der Waals surface area (Å²) in [4.78, 5) is 13.6. The number of hydrogen-bond acceptors (Lipinski definition) is 3. The molecule has 0 aliphatic carbocycles. The van der Waals surface area contributed by atoms with Gasteiger partial charge in [-0.3, -0.25) is 4.79 Å². The lowest BCUT2D eigenvalue weighted by atomic mass is 10.1. The third-order valence-corrected chi connectivity index (χ3v) is 4.04. The minimum absolute atomic E-state index is 0.0541. The largest absolute Gasteiger partial charge is 0.395 e. The minimum Gasteiger partial charge on any atom is -0.395 e. The standard InChI is InChI=1S/C17H17NO2S/c1-12-6-7-14(11-13(12)2)18-17(20)16-9-8-15(21-16)5-3-4-10-19/h6-9,11,19H,4,10H2,1-2H3,(H,18,20). The Bertz CT molecular complexity index is 707. The summed E-state index contributed by atoms with van der Waals surface area (Å²) < 4.78 is 0. The first kappa shape index (κ1) is 15.3. The zero-order valence-corrected chi connectivity index (χ0v) is 12.9. The van der Waals surface area contributed by atoms with Crippen LogP contribution in [0.25, 0.3) is 0 Å². The number of carbonyl (C=O) groups excluding carboxylic acids is 1. The Kier molecular flexibility index (Phi) is 5.15. The lowest BCUT2D eigenvalue weighted by molar-refractivity contribution is 0.103. The van der Waals surface area contributed by atoms with Crippen LogP contribution in [0.2, 0.25) is 0 Å². The van der Waals surface area contributed by atoms with E-state index in [9.17, 15) is 4.79 Å².